The van der Waals surface area contributed by atoms with Gasteiger partial charge >= 0.3 is 0 Å². The van der Waals surface area contributed by atoms with Crippen LogP contribution in [0.25, 0.3) is 0 Å². The van der Waals surface area contributed by atoms with E-state index in [9.17, 15) is 9.59 Å². The molecule has 0 aliphatic carbocycles. The van der Waals surface area contributed by atoms with Crippen molar-refractivity contribution in [3.05, 3.63) is 118 Å². The van der Waals surface area contributed by atoms with Crippen molar-refractivity contribution in [2.75, 3.05) is 11.9 Å². The summed E-state index contributed by atoms with van der Waals surface area (Å²) in [6.07, 6.45) is 0. The number of amides is 2. The average molecular weight is 443 g/mol. The van der Waals surface area contributed by atoms with Gasteiger partial charge in [0.05, 0.1) is 11.6 Å². The van der Waals surface area contributed by atoms with Gasteiger partial charge in [0.15, 0.2) is 6.61 Å². The fraction of sp³-hybridized carbons (Fsp3) is 0.0769. The molecule has 0 radical (unpaired) electrons. The van der Waals surface area contributed by atoms with Gasteiger partial charge in [-0.25, -0.2) is 0 Å². The number of anilines is 1. The van der Waals surface area contributed by atoms with Crippen molar-refractivity contribution in [2.24, 2.45) is 0 Å². The molecule has 0 unspecified atom stereocenters. The minimum atomic E-state index is -0.298. The fourth-order valence-electron chi connectivity index (χ4n) is 3.27. The monoisotopic (exact) mass is 442 g/mol. The van der Waals surface area contributed by atoms with Crippen LogP contribution in [0.15, 0.2) is 102 Å². The summed E-state index contributed by atoms with van der Waals surface area (Å²) in [4.78, 5) is 26.5. The van der Waals surface area contributed by atoms with E-state index in [2.05, 4.69) is 10.6 Å². The molecular weight excluding hydrogens is 420 g/mol. The maximum atomic E-state index is 12.7. The molecule has 4 aromatic rings. The molecule has 0 spiro atoms. The first-order valence-electron chi connectivity index (χ1n) is 10.2. The second-order valence-electron chi connectivity index (χ2n) is 7.03. The van der Waals surface area contributed by atoms with E-state index in [1.165, 1.54) is 0 Å². The molecule has 0 fully saturated rings. The molecule has 0 bridgehead atoms. The number of hydrogen-bond donors (Lipinski definition) is 2. The molecule has 160 valence electrons. The lowest BCUT2D eigenvalue weighted by molar-refractivity contribution is -0.123. The molecule has 4 rings (SSSR count). The number of carbonyl (C=O) groups is 2. The SMILES string of the molecule is O=C(COc1ccccc1C(=O)Nc1ccccc1)N[C@H](c1ccccc1)c1cccs1. The number of nitrogens with one attached hydrogen (secondary N) is 2. The Hall–Kier alpha value is -3.90. The van der Waals surface area contributed by atoms with Crippen molar-refractivity contribution in [3.63, 3.8) is 0 Å². The number of rotatable bonds is 8. The van der Waals surface area contributed by atoms with Crippen LogP contribution in [0, 0.1) is 0 Å². The Morgan fingerprint density at radius 1 is 0.812 bits per heavy atom. The molecule has 2 amide bonds. The summed E-state index contributed by atoms with van der Waals surface area (Å²) in [5.74, 6) is -0.220. The normalized spacial score (nSPS) is 11.4. The van der Waals surface area contributed by atoms with Crippen molar-refractivity contribution < 1.29 is 14.3 Å². The second kappa shape index (κ2) is 10.4. The fourth-order valence-corrected chi connectivity index (χ4v) is 4.07. The minimum Gasteiger partial charge on any atom is -0.483 e. The van der Waals surface area contributed by atoms with Crippen molar-refractivity contribution in [1.82, 2.24) is 5.32 Å². The van der Waals surface area contributed by atoms with Crippen molar-refractivity contribution in [3.8, 4) is 5.75 Å². The number of ether oxygens (including phenoxy) is 1. The Bertz CT molecular complexity index is 1160. The highest BCUT2D eigenvalue weighted by Gasteiger charge is 2.19. The zero-order chi connectivity index (χ0) is 22.2. The summed E-state index contributed by atoms with van der Waals surface area (Å²) in [5.41, 5.74) is 2.04. The van der Waals surface area contributed by atoms with Crippen molar-refractivity contribution in [1.29, 1.82) is 0 Å². The number of thiophene rings is 1. The Morgan fingerprint density at radius 3 is 2.22 bits per heavy atom. The molecule has 0 aliphatic rings. The second-order valence-corrected chi connectivity index (χ2v) is 8.01. The summed E-state index contributed by atoms with van der Waals surface area (Å²) in [6, 6.07) is 29.6. The predicted octanol–water partition coefficient (Wildman–Crippen LogP) is 5.29. The Balaban J connectivity index is 1.43. The lowest BCUT2D eigenvalue weighted by Crippen LogP contribution is -2.33. The van der Waals surface area contributed by atoms with E-state index >= 15 is 0 Å². The molecule has 1 aromatic heterocycles. The minimum absolute atomic E-state index is 0.204. The third-order valence-corrected chi connectivity index (χ3v) is 5.73. The Morgan fingerprint density at radius 2 is 1.50 bits per heavy atom. The maximum absolute atomic E-state index is 12.7. The molecule has 32 heavy (non-hydrogen) atoms. The van der Waals surface area contributed by atoms with E-state index in [-0.39, 0.29) is 24.5 Å². The highest BCUT2D eigenvalue weighted by Crippen LogP contribution is 2.26. The van der Waals surface area contributed by atoms with Crippen LogP contribution in [0.4, 0.5) is 5.69 Å². The quantitative estimate of drug-likeness (QED) is 0.390. The van der Waals surface area contributed by atoms with Gasteiger partial charge in [-0.3, -0.25) is 9.59 Å². The first-order valence-corrected chi connectivity index (χ1v) is 11.0. The topological polar surface area (TPSA) is 67.4 Å². The van der Waals surface area contributed by atoms with Crippen molar-refractivity contribution >= 4 is 28.8 Å². The zero-order valence-corrected chi connectivity index (χ0v) is 18.0. The van der Waals surface area contributed by atoms with Crippen LogP contribution in [0.3, 0.4) is 0 Å². The summed E-state index contributed by atoms with van der Waals surface area (Å²) >= 11 is 1.58. The average Bonchev–Trinajstić information content (AvgIpc) is 3.37. The summed E-state index contributed by atoms with van der Waals surface area (Å²) in [6.45, 7) is -0.204. The number of benzene rings is 3. The van der Waals surface area contributed by atoms with Gasteiger partial charge in [-0.15, -0.1) is 11.3 Å². The number of hydrogen-bond acceptors (Lipinski definition) is 4. The highest BCUT2D eigenvalue weighted by atomic mass is 32.1. The standard InChI is InChI=1S/C26H22N2O3S/c29-24(28-25(23-16-9-17-32-23)19-10-3-1-4-11-19)18-31-22-15-8-7-14-21(22)26(30)27-20-12-5-2-6-13-20/h1-17,25H,18H2,(H,27,30)(H,28,29)/t25-/m1/s1. The van der Waals surface area contributed by atoms with E-state index in [1.54, 1.807) is 35.6 Å². The van der Waals surface area contributed by atoms with Gasteiger partial charge in [-0.2, -0.15) is 0 Å². The molecule has 6 heteroatoms. The third kappa shape index (κ3) is 5.42. The van der Waals surface area contributed by atoms with Gasteiger partial charge < -0.3 is 15.4 Å². The van der Waals surface area contributed by atoms with Gasteiger partial charge in [0.1, 0.15) is 5.75 Å². The van der Waals surface area contributed by atoms with E-state index in [4.69, 9.17) is 4.74 Å². The predicted molar refractivity (Wildman–Crippen MR) is 127 cm³/mol. The molecular formula is C26H22N2O3S. The molecule has 1 heterocycles. The molecule has 3 aromatic carbocycles. The number of para-hydroxylation sites is 2. The lowest BCUT2D eigenvalue weighted by atomic mass is 10.1. The zero-order valence-electron chi connectivity index (χ0n) is 17.2. The van der Waals surface area contributed by atoms with E-state index in [0.29, 0.717) is 17.0 Å². The van der Waals surface area contributed by atoms with Gasteiger partial charge in [0.25, 0.3) is 11.8 Å². The summed E-state index contributed by atoms with van der Waals surface area (Å²) in [5, 5.41) is 7.86. The largest absolute Gasteiger partial charge is 0.483 e. The summed E-state index contributed by atoms with van der Waals surface area (Å²) < 4.78 is 5.74. The van der Waals surface area contributed by atoms with Crippen LogP contribution in [0.1, 0.15) is 26.8 Å². The van der Waals surface area contributed by atoms with Crippen LogP contribution >= 0.6 is 11.3 Å². The van der Waals surface area contributed by atoms with Crippen LogP contribution in [-0.2, 0) is 4.79 Å². The van der Waals surface area contributed by atoms with Crippen LogP contribution in [0.5, 0.6) is 5.75 Å². The van der Waals surface area contributed by atoms with E-state index in [1.807, 2.05) is 78.2 Å². The van der Waals surface area contributed by atoms with Gasteiger partial charge in [-0.1, -0.05) is 66.7 Å². The Kier molecular flexibility index (Phi) is 6.94. The summed E-state index contributed by atoms with van der Waals surface area (Å²) in [7, 11) is 0. The van der Waals surface area contributed by atoms with Crippen molar-refractivity contribution in [2.45, 2.75) is 6.04 Å². The van der Waals surface area contributed by atoms with Crippen LogP contribution in [0.2, 0.25) is 0 Å². The molecule has 2 N–H and O–H groups in total. The molecule has 0 saturated heterocycles. The molecule has 0 saturated carbocycles. The van der Waals surface area contributed by atoms with E-state index in [0.717, 1.165) is 10.4 Å². The number of carbonyl (C=O) groups excluding carboxylic acids is 2. The lowest BCUT2D eigenvalue weighted by Gasteiger charge is -2.18. The smallest absolute Gasteiger partial charge is 0.259 e. The maximum Gasteiger partial charge on any atom is 0.259 e. The van der Waals surface area contributed by atoms with Gasteiger partial charge in [0.2, 0.25) is 0 Å². The first kappa shape index (κ1) is 21.3. The Labute approximate surface area is 190 Å². The molecule has 0 aliphatic heterocycles. The third-order valence-electron chi connectivity index (χ3n) is 4.79. The van der Waals surface area contributed by atoms with E-state index < -0.39 is 0 Å². The first-order chi connectivity index (χ1) is 15.7. The van der Waals surface area contributed by atoms with Crippen LogP contribution < -0.4 is 15.4 Å². The highest BCUT2D eigenvalue weighted by molar-refractivity contribution is 7.10. The molecule has 5 nitrogen and oxygen atoms in total. The van der Waals surface area contributed by atoms with Gasteiger partial charge in [-0.05, 0) is 41.3 Å². The molecule has 1 atom stereocenters. The van der Waals surface area contributed by atoms with Crippen LogP contribution in [-0.4, -0.2) is 18.4 Å². The van der Waals surface area contributed by atoms with Gasteiger partial charge in [0, 0.05) is 10.6 Å².